The first-order valence-corrected chi connectivity index (χ1v) is 11.7. The number of nitrogen functional groups attached to an aromatic ring is 1. The Bertz CT molecular complexity index is 992. The van der Waals surface area contributed by atoms with Crippen molar-refractivity contribution in [2.45, 2.75) is 71.5 Å². The molecular formula is C26H39Cl2N5O2. The van der Waals surface area contributed by atoms with Crippen LogP contribution in [0.1, 0.15) is 56.5 Å². The van der Waals surface area contributed by atoms with E-state index in [0.717, 1.165) is 30.6 Å². The Morgan fingerprint density at radius 2 is 1.80 bits per heavy atom. The summed E-state index contributed by atoms with van der Waals surface area (Å²) in [6.45, 7) is 11.3. The highest BCUT2D eigenvalue weighted by Crippen LogP contribution is 2.24. The quantitative estimate of drug-likeness (QED) is 0.444. The zero-order valence-electron chi connectivity index (χ0n) is 21.2. The highest BCUT2D eigenvalue weighted by Gasteiger charge is 2.31. The topological polar surface area (TPSA) is 109 Å². The standard InChI is InChI=1S/C26H37N5O2.2ClH/c1-16-20(8-11-23(27)30-16)15-29-24(32)17(2)31-25(33)22-13-19(14-28-22)12-18-6-9-21(10-7-18)26(3,4)5;;/h6-11,17,19,22,28H,12-15H2,1-5H3,(H2,27,30)(H,29,32)(H,31,33);2*1H/t17?,19-,22+;;/m0../s1. The third kappa shape index (κ3) is 8.67. The molecule has 1 aliphatic heterocycles. The third-order valence-electron chi connectivity index (χ3n) is 6.30. The van der Waals surface area contributed by atoms with E-state index in [4.69, 9.17) is 5.73 Å². The van der Waals surface area contributed by atoms with Gasteiger partial charge in [-0.15, -0.1) is 24.8 Å². The number of halogens is 2. The van der Waals surface area contributed by atoms with E-state index in [2.05, 4.69) is 66.0 Å². The number of benzene rings is 1. The number of nitrogens with two attached hydrogens (primary N) is 1. The molecule has 1 aromatic carbocycles. The number of anilines is 1. The first-order chi connectivity index (χ1) is 15.5. The number of hydrogen-bond donors (Lipinski definition) is 4. The molecule has 0 spiro atoms. The summed E-state index contributed by atoms with van der Waals surface area (Å²) in [5.74, 6) is 0.487. The summed E-state index contributed by atoms with van der Waals surface area (Å²) < 4.78 is 0. The fraction of sp³-hybridized carbons (Fsp3) is 0.500. The van der Waals surface area contributed by atoms with Gasteiger partial charge < -0.3 is 21.7 Å². The largest absolute Gasteiger partial charge is 0.384 e. The SMILES string of the molecule is Cc1nc(N)ccc1CNC(=O)C(C)NC(=O)[C@H]1C[C@H](Cc2ccc(C(C)(C)C)cc2)CN1.Cl.Cl. The van der Waals surface area contributed by atoms with Crippen LogP contribution in [0.15, 0.2) is 36.4 Å². The highest BCUT2D eigenvalue weighted by molar-refractivity contribution is 5.89. The maximum Gasteiger partial charge on any atom is 0.242 e. The molecule has 1 fully saturated rings. The molecule has 35 heavy (non-hydrogen) atoms. The van der Waals surface area contributed by atoms with Gasteiger partial charge in [-0.3, -0.25) is 9.59 Å². The smallest absolute Gasteiger partial charge is 0.242 e. The van der Waals surface area contributed by atoms with Gasteiger partial charge in [0, 0.05) is 12.2 Å². The highest BCUT2D eigenvalue weighted by atomic mass is 35.5. The van der Waals surface area contributed by atoms with Crippen molar-refractivity contribution in [2.75, 3.05) is 12.3 Å². The van der Waals surface area contributed by atoms with Gasteiger partial charge >= 0.3 is 0 Å². The molecule has 1 aliphatic rings. The van der Waals surface area contributed by atoms with Gasteiger partial charge in [0.1, 0.15) is 11.9 Å². The molecule has 5 N–H and O–H groups in total. The first kappa shape index (κ1) is 30.7. The lowest BCUT2D eigenvalue weighted by molar-refractivity contribution is -0.129. The van der Waals surface area contributed by atoms with Gasteiger partial charge in [0.25, 0.3) is 0 Å². The lowest BCUT2D eigenvalue weighted by atomic mass is 9.86. The summed E-state index contributed by atoms with van der Waals surface area (Å²) in [7, 11) is 0. The molecule has 1 aromatic heterocycles. The van der Waals surface area contributed by atoms with E-state index in [0.29, 0.717) is 18.3 Å². The second kappa shape index (κ2) is 13.1. The van der Waals surface area contributed by atoms with Gasteiger partial charge in [-0.25, -0.2) is 4.98 Å². The predicted molar refractivity (Wildman–Crippen MR) is 146 cm³/mol. The Balaban J connectivity index is 0.00000306. The number of amides is 2. The second-order valence-electron chi connectivity index (χ2n) is 10.1. The molecule has 2 aromatic rings. The third-order valence-corrected chi connectivity index (χ3v) is 6.30. The van der Waals surface area contributed by atoms with Crippen molar-refractivity contribution < 1.29 is 9.59 Å². The van der Waals surface area contributed by atoms with Gasteiger partial charge in [-0.2, -0.15) is 0 Å². The molecule has 1 unspecified atom stereocenters. The fourth-order valence-corrected chi connectivity index (χ4v) is 4.15. The summed E-state index contributed by atoms with van der Waals surface area (Å²) in [4.78, 5) is 29.4. The molecule has 2 heterocycles. The Morgan fingerprint density at radius 3 is 2.40 bits per heavy atom. The summed E-state index contributed by atoms with van der Waals surface area (Å²) in [5, 5.41) is 9.01. The monoisotopic (exact) mass is 523 g/mol. The van der Waals surface area contributed by atoms with Crippen LogP contribution in [-0.2, 0) is 28.0 Å². The molecule has 2 amide bonds. The number of aryl methyl sites for hydroxylation is 1. The van der Waals surface area contributed by atoms with E-state index in [-0.39, 0.29) is 48.1 Å². The van der Waals surface area contributed by atoms with Gasteiger partial charge in [-0.05, 0) is 67.3 Å². The molecule has 0 radical (unpaired) electrons. The molecular weight excluding hydrogens is 485 g/mol. The number of aromatic nitrogens is 1. The van der Waals surface area contributed by atoms with Crippen LogP contribution in [0.2, 0.25) is 0 Å². The molecule has 0 aliphatic carbocycles. The van der Waals surface area contributed by atoms with Crippen molar-refractivity contribution in [3.05, 3.63) is 58.8 Å². The number of pyridine rings is 1. The lowest BCUT2D eigenvalue weighted by Gasteiger charge is -2.19. The molecule has 3 rings (SSSR count). The van der Waals surface area contributed by atoms with Crippen molar-refractivity contribution >= 4 is 42.4 Å². The van der Waals surface area contributed by atoms with Crippen LogP contribution in [0.4, 0.5) is 5.82 Å². The zero-order chi connectivity index (χ0) is 24.2. The Hall–Kier alpha value is -2.35. The summed E-state index contributed by atoms with van der Waals surface area (Å²) in [5.41, 5.74) is 10.1. The number of rotatable bonds is 7. The van der Waals surface area contributed by atoms with Gasteiger partial charge in [0.15, 0.2) is 0 Å². The van der Waals surface area contributed by atoms with E-state index in [1.807, 2.05) is 13.0 Å². The fourth-order valence-electron chi connectivity index (χ4n) is 4.15. The van der Waals surface area contributed by atoms with Crippen molar-refractivity contribution in [2.24, 2.45) is 5.92 Å². The molecule has 194 valence electrons. The number of carbonyl (C=O) groups is 2. The van der Waals surface area contributed by atoms with Crippen LogP contribution in [0, 0.1) is 12.8 Å². The number of nitrogens with zero attached hydrogens (tertiary/aromatic N) is 1. The van der Waals surface area contributed by atoms with E-state index in [1.54, 1.807) is 13.0 Å². The summed E-state index contributed by atoms with van der Waals surface area (Å²) in [6, 6.07) is 11.4. The molecule has 9 heteroatoms. The van der Waals surface area contributed by atoms with E-state index in [1.165, 1.54) is 11.1 Å². The Kier molecular flexibility index (Phi) is 11.5. The average molecular weight is 525 g/mol. The summed E-state index contributed by atoms with van der Waals surface area (Å²) >= 11 is 0. The van der Waals surface area contributed by atoms with E-state index < -0.39 is 6.04 Å². The second-order valence-corrected chi connectivity index (χ2v) is 10.1. The molecule has 1 saturated heterocycles. The van der Waals surface area contributed by atoms with Crippen LogP contribution in [0.25, 0.3) is 0 Å². The number of hydrogen-bond acceptors (Lipinski definition) is 5. The number of nitrogens with one attached hydrogen (secondary N) is 3. The molecule has 0 saturated carbocycles. The number of carbonyl (C=O) groups excluding carboxylic acids is 2. The van der Waals surface area contributed by atoms with Crippen molar-refractivity contribution in [3.8, 4) is 0 Å². The van der Waals surface area contributed by atoms with Crippen LogP contribution in [0.5, 0.6) is 0 Å². The van der Waals surface area contributed by atoms with Crippen molar-refractivity contribution in [1.29, 1.82) is 0 Å². The van der Waals surface area contributed by atoms with Crippen LogP contribution in [0.3, 0.4) is 0 Å². The Labute approximate surface area is 221 Å². The van der Waals surface area contributed by atoms with E-state index in [9.17, 15) is 9.59 Å². The van der Waals surface area contributed by atoms with Crippen LogP contribution >= 0.6 is 24.8 Å². The Morgan fingerprint density at radius 1 is 1.14 bits per heavy atom. The van der Waals surface area contributed by atoms with Gasteiger partial charge in [0.05, 0.1) is 6.04 Å². The molecule has 0 bridgehead atoms. The predicted octanol–water partition coefficient (Wildman–Crippen LogP) is 3.46. The zero-order valence-corrected chi connectivity index (χ0v) is 22.8. The lowest BCUT2D eigenvalue weighted by Crippen LogP contribution is -2.50. The molecule has 3 atom stereocenters. The minimum atomic E-state index is -0.620. The summed E-state index contributed by atoms with van der Waals surface area (Å²) in [6.07, 6.45) is 1.70. The van der Waals surface area contributed by atoms with Gasteiger partial charge in [-0.1, -0.05) is 51.1 Å². The average Bonchev–Trinajstić information content (AvgIpc) is 3.21. The normalized spacial score (nSPS) is 18.1. The van der Waals surface area contributed by atoms with Crippen LogP contribution < -0.4 is 21.7 Å². The minimum absolute atomic E-state index is 0. The van der Waals surface area contributed by atoms with Crippen molar-refractivity contribution in [1.82, 2.24) is 20.9 Å². The van der Waals surface area contributed by atoms with Crippen molar-refractivity contribution in [3.63, 3.8) is 0 Å². The minimum Gasteiger partial charge on any atom is -0.384 e. The maximum atomic E-state index is 12.7. The first-order valence-electron chi connectivity index (χ1n) is 11.7. The van der Waals surface area contributed by atoms with E-state index >= 15 is 0 Å². The maximum absolute atomic E-state index is 12.7. The van der Waals surface area contributed by atoms with Gasteiger partial charge in [0.2, 0.25) is 11.8 Å². The van der Waals surface area contributed by atoms with Crippen LogP contribution in [-0.4, -0.2) is 35.4 Å². The molecule has 7 nitrogen and oxygen atoms in total.